The van der Waals surface area contributed by atoms with Gasteiger partial charge in [-0.15, -0.1) is 0 Å². The standard InChI is InChI=1S/C8H17N3O2/c1-10-5-6-11(2)8(13)4-3-7(9)12/h10H,3-6H2,1-2H3,(H2,9,12). The molecule has 0 aromatic heterocycles. The Morgan fingerprint density at radius 1 is 1.38 bits per heavy atom. The molecule has 0 saturated carbocycles. The van der Waals surface area contributed by atoms with Gasteiger partial charge in [0.15, 0.2) is 0 Å². The summed E-state index contributed by atoms with van der Waals surface area (Å²) in [4.78, 5) is 23.2. The fourth-order valence-corrected chi connectivity index (χ4v) is 0.825. The van der Waals surface area contributed by atoms with Crippen LogP contribution in [0.1, 0.15) is 12.8 Å². The molecule has 76 valence electrons. The molecule has 0 aliphatic rings. The fraction of sp³-hybridized carbons (Fsp3) is 0.750. The van der Waals surface area contributed by atoms with E-state index in [2.05, 4.69) is 5.32 Å². The molecular weight excluding hydrogens is 170 g/mol. The Morgan fingerprint density at radius 2 is 2.00 bits per heavy atom. The van der Waals surface area contributed by atoms with Crippen LogP contribution in [0.3, 0.4) is 0 Å². The summed E-state index contributed by atoms with van der Waals surface area (Å²) in [7, 11) is 3.53. The molecule has 0 rings (SSSR count). The molecule has 3 N–H and O–H groups in total. The summed E-state index contributed by atoms with van der Waals surface area (Å²) in [6.07, 6.45) is 0.332. The van der Waals surface area contributed by atoms with Crippen molar-refractivity contribution in [3.8, 4) is 0 Å². The van der Waals surface area contributed by atoms with Crippen molar-refractivity contribution in [3.05, 3.63) is 0 Å². The first-order chi connectivity index (χ1) is 6.07. The quantitative estimate of drug-likeness (QED) is 0.556. The summed E-state index contributed by atoms with van der Waals surface area (Å²) in [5, 5.41) is 2.93. The Labute approximate surface area is 78.3 Å². The van der Waals surface area contributed by atoms with Gasteiger partial charge in [-0.05, 0) is 7.05 Å². The maximum Gasteiger partial charge on any atom is 0.222 e. The lowest BCUT2D eigenvalue weighted by Gasteiger charge is -2.16. The van der Waals surface area contributed by atoms with Gasteiger partial charge in [0, 0.05) is 33.0 Å². The maximum atomic E-state index is 11.2. The fourth-order valence-electron chi connectivity index (χ4n) is 0.825. The normalized spacial score (nSPS) is 9.69. The number of primary amides is 1. The van der Waals surface area contributed by atoms with Crippen LogP contribution >= 0.6 is 0 Å². The minimum absolute atomic E-state index is 0.0472. The van der Waals surface area contributed by atoms with Gasteiger partial charge in [0.25, 0.3) is 0 Å². The summed E-state index contributed by atoms with van der Waals surface area (Å²) < 4.78 is 0. The third-order valence-corrected chi connectivity index (χ3v) is 1.71. The number of nitrogens with two attached hydrogens (primary N) is 1. The monoisotopic (exact) mass is 187 g/mol. The van der Waals surface area contributed by atoms with E-state index in [4.69, 9.17) is 5.73 Å². The van der Waals surface area contributed by atoms with Crippen molar-refractivity contribution in [3.63, 3.8) is 0 Å². The minimum atomic E-state index is -0.435. The first-order valence-electron chi connectivity index (χ1n) is 4.24. The first-order valence-corrected chi connectivity index (χ1v) is 4.24. The Bertz CT molecular complexity index is 182. The van der Waals surface area contributed by atoms with Crippen molar-refractivity contribution >= 4 is 11.8 Å². The van der Waals surface area contributed by atoms with Gasteiger partial charge in [-0.3, -0.25) is 9.59 Å². The predicted octanol–water partition coefficient (Wildman–Crippen LogP) is -1.07. The van der Waals surface area contributed by atoms with Crippen molar-refractivity contribution < 1.29 is 9.59 Å². The number of amides is 2. The Balaban J connectivity index is 3.63. The number of likely N-dealkylation sites (N-methyl/N-ethyl adjacent to an activating group) is 2. The van der Waals surface area contributed by atoms with Gasteiger partial charge in [-0.1, -0.05) is 0 Å². The second-order valence-corrected chi connectivity index (χ2v) is 2.89. The summed E-state index contributed by atoms with van der Waals surface area (Å²) in [6, 6.07) is 0. The number of rotatable bonds is 6. The zero-order chi connectivity index (χ0) is 10.3. The van der Waals surface area contributed by atoms with Crippen molar-refractivity contribution in [2.24, 2.45) is 5.73 Å². The molecule has 0 saturated heterocycles. The molecule has 0 aliphatic heterocycles. The molecule has 13 heavy (non-hydrogen) atoms. The SMILES string of the molecule is CNCCN(C)C(=O)CCC(N)=O. The molecule has 0 bridgehead atoms. The molecule has 5 heteroatoms. The molecule has 0 radical (unpaired) electrons. The zero-order valence-corrected chi connectivity index (χ0v) is 8.17. The van der Waals surface area contributed by atoms with E-state index in [0.717, 1.165) is 6.54 Å². The highest BCUT2D eigenvalue weighted by Crippen LogP contribution is 1.93. The van der Waals surface area contributed by atoms with E-state index in [0.29, 0.717) is 6.54 Å². The van der Waals surface area contributed by atoms with Crippen LogP contribution < -0.4 is 11.1 Å². The van der Waals surface area contributed by atoms with Crippen molar-refractivity contribution in [2.45, 2.75) is 12.8 Å². The molecule has 0 heterocycles. The second-order valence-electron chi connectivity index (χ2n) is 2.89. The van der Waals surface area contributed by atoms with Crippen molar-refractivity contribution in [2.75, 3.05) is 27.2 Å². The number of hydrogen-bond donors (Lipinski definition) is 2. The molecule has 5 nitrogen and oxygen atoms in total. The van der Waals surface area contributed by atoms with E-state index in [1.54, 1.807) is 11.9 Å². The van der Waals surface area contributed by atoms with Gasteiger partial charge in [-0.25, -0.2) is 0 Å². The molecule has 0 spiro atoms. The van der Waals surface area contributed by atoms with E-state index in [1.165, 1.54) is 0 Å². The van der Waals surface area contributed by atoms with E-state index >= 15 is 0 Å². The third-order valence-electron chi connectivity index (χ3n) is 1.71. The molecule has 0 aromatic carbocycles. The van der Waals surface area contributed by atoms with E-state index in [9.17, 15) is 9.59 Å². The number of nitrogens with one attached hydrogen (secondary N) is 1. The lowest BCUT2D eigenvalue weighted by atomic mass is 10.2. The van der Waals surface area contributed by atoms with Gasteiger partial charge < -0.3 is 16.0 Å². The van der Waals surface area contributed by atoms with Crippen LogP contribution in [0.15, 0.2) is 0 Å². The molecule has 0 aromatic rings. The molecule has 0 aliphatic carbocycles. The van der Waals surface area contributed by atoms with Gasteiger partial charge >= 0.3 is 0 Å². The van der Waals surface area contributed by atoms with E-state index in [-0.39, 0.29) is 18.7 Å². The minimum Gasteiger partial charge on any atom is -0.370 e. The van der Waals surface area contributed by atoms with Gasteiger partial charge in [0.2, 0.25) is 11.8 Å². The number of nitrogens with zero attached hydrogens (tertiary/aromatic N) is 1. The van der Waals surface area contributed by atoms with E-state index in [1.807, 2.05) is 7.05 Å². The Hall–Kier alpha value is -1.10. The van der Waals surface area contributed by atoms with Crippen molar-refractivity contribution in [1.82, 2.24) is 10.2 Å². The highest BCUT2D eigenvalue weighted by molar-refractivity contribution is 5.82. The zero-order valence-electron chi connectivity index (χ0n) is 8.17. The summed E-state index contributed by atoms with van der Waals surface area (Å²) in [5.41, 5.74) is 4.92. The molecule has 0 atom stereocenters. The summed E-state index contributed by atoms with van der Waals surface area (Å²) >= 11 is 0. The van der Waals surface area contributed by atoms with Crippen LogP contribution in [-0.2, 0) is 9.59 Å². The van der Waals surface area contributed by atoms with Gasteiger partial charge in [0.05, 0.1) is 0 Å². The topological polar surface area (TPSA) is 75.4 Å². The van der Waals surface area contributed by atoms with Crippen LogP contribution in [0.4, 0.5) is 0 Å². The smallest absolute Gasteiger partial charge is 0.222 e. The number of carbonyl (C=O) groups is 2. The van der Waals surface area contributed by atoms with Crippen LogP contribution in [0.2, 0.25) is 0 Å². The summed E-state index contributed by atoms with van der Waals surface area (Å²) in [5.74, 6) is -0.482. The highest BCUT2D eigenvalue weighted by atomic mass is 16.2. The predicted molar refractivity (Wildman–Crippen MR) is 50.0 cm³/mol. The van der Waals surface area contributed by atoms with Crippen LogP contribution in [0.5, 0.6) is 0 Å². The average molecular weight is 187 g/mol. The number of hydrogen-bond acceptors (Lipinski definition) is 3. The lowest BCUT2D eigenvalue weighted by molar-refractivity contribution is -0.131. The summed E-state index contributed by atoms with van der Waals surface area (Å²) in [6.45, 7) is 1.40. The van der Waals surface area contributed by atoms with E-state index < -0.39 is 5.91 Å². The van der Waals surface area contributed by atoms with Crippen LogP contribution in [-0.4, -0.2) is 43.9 Å². The Morgan fingerprint density at radius 3 is 2.46 bits per heavy atom. The second kappa shape index (κ2) is 6.42. The van der Waals surface area contributed by atoms with Gasteiger partial charge in [0.1, 0.15) is 0 Å². The van der Waals surface area contributed by atoms with Gasteiger partial charge in [-0.2, -0.15) is 0 Å². The molecule has 2 amide bonds. The molecule has 0 fully saturated rings. The largest absolute Gasteiger partial charge is 0.370 e. The number of carbonyl (C=O) groups excluding carboxylic acids is 2. The first kappa shape index (κ1) is 11.9. The molecular formula is C8H17N3O2. The highest BCUT2D eigenvalue weighted by Gasteiger charge is 2.08. The van der Waals surface area contributed by atoms with Crippen molar-refractivity contribution in [1.29, 1.82) is 0 Å². The van der Waals surface area contributed by atoms with Crippen LogP contribution in [0.25, 0.3) is 0 Å². The maximum absolute atomic E-state index is 11.2. The molecule has 0 unspecified atom stereocenters. The third kappa shape index (κ3) is 6.10. The average Bonchev–Trinajstić information content (AvgIpc) is 2.10. The lowest BCUT2D eigenvalue weighted by Crippen LogP contribution is -2.33. The van der Waals surface area contributed by atoms with Crippen LogP contribution in [0, 0.1) is 0 Å². The Kier molecular flexibility index (Phi) is 5.88.